The molecule has 2 aromatic carbocycles. The van der Waals surface area contributed by atoms with Crippen LogP contribution in [0.4, 0.5) is 4.79 Å². The van der Waals surface area contributed by atoms with Crippen molar-refractivity contribution in [1.29, 1.82) is 0 Å². The third-order valence-electron chi connectivity index (χ3n) is 4.29. The Balaban J connectivity index is 1.91. The lowest BCUT2D eigenvalue weighted by atomic mass is 9.95. The molecule has 0 saturated carbocycles. The number of benzene rings is 2. The first-order chi connectivity index (χ1) is 13.6. The van der Waals surface area contributed by atoms with E-state index in [9.17, 15) is 9.59 Å². The van der Waals surface area contributed by atoms with Crippen molar-refractivity contribution >= 4 is 12.0 Å². The van der Waals surface area contributed by atoms with Crippen molar-refractivity contribution in [2.45, 2.75) is 19.6 Å². The molecule has 3 rings (SSSR count). The molecule has 28 heavy (non-hydrogen) atoms. The van der Waals surface area contributed by atoms with E-state index in [1.54, 1.807) is 6.92 Å². The molecule has 0 bridgehead atoms. The van der Waals surface area contributed by atoms with E-state index in [1.165, 1.54) is 6.08 Å². The molecule has 0 unspecified atom stereocenters. The number of nitrogens with one attached hydrogen (secondary N) is 2. The van der Waals surface area contributed by atoms with Gasteiger partial charge in [-0.25, -0.2) is 9.59 Å². The van der Waals surface area contributed by atoms with Crippen LogP contribution in [0.25, 0.3) is 0 Å². The van der Waals surface area contributed by atoms with E-state index in [4.69, 9.17) is 9.47 Å². The minimum atomic E-state index is -0.682. The second kappa shape index (κ2) is 8.90. The van der Waals surface area contributed by atoms with E-state index in [0.717, 1.165) is 5.56 Å². The van der Waals surface area contributed by atoms with Gasteiger partial charge in [0.2, 0.25) is 0 Å². The average Bonchev–Trinajstić information content (AvgIpc) is 2.71. The maximum Gasteiger partial charge on any atom is 0.338 e. The van der Waals surface area contributed by atoms with Crippen LogP contribution in [0.5, 0.6) is 5.75 Å². The van der Waals surface area contributed by atoms with Gasteiger partial charge in [-0.3, -0.25) is 0 Å². The molecule has 6 heteroatoms. The Hall–Kier alpha value is -3.54. The fourth-order valence-electron chi connectivity index (χ4n) is 3.00. The summed E-state index contributed by atoms with van der Waals surface area (Å²) in [5.41, 5.74) is 2.47. The monoisotopic (exact) mass is 378 g/mol. The number of para-hydroxylation sites is 1. The number of rotatable bonds is 7. The van der Waals surface area contributed by atoms with Crippen molar-refractivity contribution < 1.29 is 19.1 Å². The van der Waals surface area contributed by atoms with E-state index in [-0.39, 0.29) is 12.6 Å². The maximum absolute atomic E-state index is 12.6. The highest BCUT2D eigenvalue weighted by Gasteiger charge is 2.33. The first-order valence-electron chi connectivity index (χ1n) is 8.92. The van der Waals surface area contributed by atoms with Crippen molar-refractivity contribution in [3.63, 3.8) is 0 Å². The summed E-state index contributed by atoms with van der Waals surface area (Å²) in [5, 5.41) is 5.42. The van der Waals surface area contributed by atoms with Crippen molar-refractivity contribution in [2.75, 3.05) is 6.61 Å². The van der Waals surface area contributed by atoms with Crippen molar-refractivity contribution in [2.24, 2.45) is 0 Å². The molecule has 2 aromatic rings. The molecule has 2 N–H and O–H groups in total. The fraction of sp³-hybridized carbons (Fsp3) is 0.182. The minimum Gasteiger partial charge on any atom is -0.489 e. The van der Waals surface area contributed by atoms with Crippen LogP contribution in [0.1, 0.15) is 24.1 Å². The molecule has 1 aliphatic heterocycles. The smallest absolute Gasteiger partial charge is 0.338 e. The molecule has 1 heterocycles. The SMILES string of the molecule is C=CCOC(=O)C1=C(C)NC(=O)N[C@@H]1c1ccccc1OCc1ccccc1. The van der Waals surface area contributed by atoms with Gasteiger partial charge < -0.3 is 20.1 Å². The summed E-state index contributed by atoms with van der Waals surface area (Å²) in [5.74, 6) is 0.0631. The zero-order valence-corrected chi connectivity index (χ0v) is 15.6. The first-order valence-corrected chi connectivity index (χ1v) is 8.92. The molecular formula is C22H22N2O4. The van der Waals surface area contributed by atoms with E-state index in [0.29, 0.717) is 29.2 Å². The highest BCUT2D eigenvalue weighted by molar-refractivity contribution is 5.95. The molecule has 0 aliphatic carbocycles. The van der Waals surface area contributed by atoms with E-state index in [1.807, 2.05) is 54.6 Å². The van der Waals surface area contributed by atoms with Gasteiger partial charge in [-0.15, -0.1) is 0 Å². The Morgan fingerprint density at radius 3 is 2.61 bits per heavy atom. The lowest BCUT2D eigenvalue weighted by molar-refractivity contribution is -0.138. The lowest BCUT2D eigenvalue weighted by Gasteiger charge is -2.29. The number of hydrogen-bond acceptors (Lipinski definition) is 4. The van der Waals surface area contributed by atoms with Crippen LogP contribution >= 0.6 is 0 Å². The van der Waals surface area contributed by atoms with Crippen LogP contribution in [-0.2, 0) is 16.1 Å². The number of urea groups is 1. The van der Waals surface area contributed by atoms with Crippen LogP contribution in [0.3, 0.4) is 0 Å². The van der Waals surface area contributed by atoms with E-state index >= 15 is 0 Å². The summed E-state index contributed by atoms with van der Waals surface area (Å²) in [6, 6.07) is 16.0. The molecule has 6 nitrogen and oxygen atoms in total. The summed E-state index contributed by atoms with van der Waals surface area (Å²) in [7, 11) is 0. The van der Waals surface area contributed by atoms with Crippen LogP contribution in [0, 0.1) is 0 Å². The van der Waals surface area contributed by atoms with Gasteiger partial charge in [0.1, 0.15) is 19.0 Å². The fourth-order valence-corrected chi connectivity index (χ4v) is 3.00. The largest absolute Gasteiger partial charge is 0.489 e. The normalized spacial score (nSPS) is 16.0. The number of carbonyl (C=O) groups excluding carboxylic acids is 2. The molecule has 1 atom stereocenters. The summed E-state index contributed by atoms with van der Waals surface area (Å²) in [4.78, 5) is 24.7. The molecule has 0 saturated heterocycles. The number of hydrogen-bond donors (Lipinski definition) is 2. The predicted molar refractivity (Wildman–Crippen MR) is 105 cm³/mol. The van der Waals surface area contributed by atoms with Gasteiger partial charge in [-0.1, -0.05) is 61.2 Å². The third kappa shape index (κ3) is 4.40. The van der Waals surface area contributed by atoms with Gasteiger partial charge >= 0.3 is 12.0 Å². The van der Waals surface area contributed by atoms with Crippen LogP contribution in [0.2, 0.25) is 0 Å². The quantitative estimate of drug-likeness (QED) is 0.570. The van der Waals surface area contributed by atoms with Gasteiger partial charge in [0.15, 0.2) is 0 Å². The molecule has 0 fully saturated rings. The van der Waals surface area contributed by atoms with Crippen LogP contribution in [0.15, 0.2) is 78.5 Å². The topological polar surface area (TPSA) is 76.7 Å². The second-order valence-electron chi connectivity index (χ2n) is 6.27. The second-order valence-corrected chi connectivity index (χ2v) is 6.27. The number of esters is 1. The highest BCUT2D eigenvalue weighted by atomic mass is 16.5. The molecule has 0 radical (unpaired) electrons. The number of carbonyl (C=O) groups is 2. The average molecular weight is 378 g/mol. The number of amides is 2. The van der Waals surface area contributed by atoms with Gasteiger partial charge in [0.05, 0.1) is 11.6 Å². The summed E-state index contributed by atoms with van der Waals surface area (Å²) in [6.07, 6.45) is 1.49. The molecule has 1 aliphatic rings. The van der Waals surface area contributed by atoms with Gasteiger partial charge in [0, 0.05) is 11.3 Å². The zero-order chi connectivity index (χ0) is 19.9. The van der Waals surface area contributed by atoms with Gasteiger partial charge in [-0.2, -0.15) is 0 Å². The highest BCUT2D eigenvalue weighted by Crippen LogP contribution is 2.33. The van der Waals surface area contributed by atoms with E-state index < -0.39 is 12.0 Å². The number of ether oxygens (including phenoxy) is 2. The Morgan fingerprint density at radius 2 is 1.86 bits per heavy atom. The summed E-state index contributed by atoms with van der Waals surface area (Å²) >= 11 is 0. The Labute approximate surface area is 163 Å². The zero-order valence-electron chi connectivity index (χ0n) is 15.6. The van der Waals surface area contributed by atoms with Crippen LogP contribution in [-0.4, -0.2) is 18.6 Å². The Bertz CT molecular complexity index is 906. The standard InChI is InChI=1S/C22H22N2O4/c1-3-13-27-21(25)19-15(2)23-22(26)24-20(19)17-11-7-8-12-18(17)28-14-16-9-5-4-6-10-16/h3-12,20H,1,13-14H2,2H3,(H2,23,24,26)/t20-/m1/s1. The van der Waals surface area contributed by atoms with Crippen LogP contribution < -0.4 is 15.4 Å². The first kappa shape index (κ1) is 19.2. The van der Waals surface area contributed by atoms with Gasteiger partial charge in [-0.05, 0) is 18.6 Å². The van der Waals surface area contributed by atoms with Crippen molar-refractivity contribution in [3.05, 3.63) is 89.6 Å². The maximum atomic E-state index is 12.6. The third-order valence-corrected chi connectivity index (χ3v) is 4.29. The molecule has 0 spiro atoms. The Morgan fingerprint density at radius 1 is 1.14 bits per heavy atom. The number of allylic oxidation sites excluding steroid dienone is 1. The Kier molecular flexibility index (Phi) is 6.11. The molecule has 144 valence electrons. The van der Waals surface area contributed by atoms with Gasteiger partial charge in [0.25, 0.3) is 0 Å². The lowest BCUT2D eigenvalue weighted by Crippen LogP contribution is -2.45. The van der Waals surface area contributed by atoms with Crippen molar-refractivity contribution in [1.82, 2.24) is 10.6 Å². The summed E-state index contributed by atoms with van der Waals surface area (Å²) in [6.45, 7) is 5.68. The molecule has 0 aromatic heterocycles. The van der Waals surface area contributed by atoms with E-state index in [2.05, 4.69) is 17.2 Å². The molecule has 2 amide bonds. The van der Waals surface area contributed by atoms with Crippen molar-refractivity contribution in [3.8, 4) is 5.75 Å². The summed E-state index contributed by atoms with van der Waals surface area (Å²) < 4.78 is 11.2. The predicted octanol–water partition coefficient (Wildman–Crippen LogP) is 3.62. The minimum absolute atomic E-state index is 0.0857. The molecular weight excluding hydrogens is 356 g/mol.